The highest BCUT2D eigenvalue weighted by molar-refractivity contribution is 5.82. The topological polar surface area (TPSA) is 50.1 Å². The van der Waals surface area contributed by atoms with Crippen molar-refractivity contribution in [3.8, 4) is 22.9 Å². The molecule has 28 heavy (non-hydrogen) atoms. The van der Waals surface area contributed by atoms with Crippen LogP contribution in [0.2, 0.25) is 0 Å². The first-order valence-electron chi connectivity index (χ1n) is 9.46. The number of nitriles is 1. The summed E-state index contributed by atoms with van der Waals surface area (Å²) >= 11 is 0. The summed E-state index contributed by atoms with van der Waals surface area (Å²) in [4.78, 5) is 12.5. The van der Waals surface area contributed by atoms with E-state index in [-0.39, 0.29) is 22.8 Å². The van der Waals surface area contributed by atoms with Crippen molar-refractivity contribution >= 4 is 5.97 Å². The Morgan fingerprint density at radius 2 is 1.64 bits per heavy atom. The van der Waals surface area contributed by atoms with Crippen LogP contribution in [0.25, 0.3) is 11.1 Å². The highest BCUT2D eigenvalue weighted by Gasteiger charge is 2.28. The Morgan fingerprint density at radius 3 is 2.14 bits per heavy atom. The Balaban J connectivity index is 2.73. The average molecular weight is 376 g/mol. The lowest BCUT2D eigenvalue weighted by atomic mass is 9.78. The summed E-state index contributed by atoms with van der Waals surface area (Å²) in [5, 5.41) is 8.93. The Hall–Kier alpha value is -2.86. The molecule has 0 aromatic heterocycles. The summed E-state index contributed by atoms with van der Waals surface area (Å²) in [6.45, 7) is 16.4. The smallest absolute Gasteiger partial charge is 0.316 e. The fourth-order valence-corrected chi connectivity index (χ4v) is 2.92. The van der Waals surface area contributed by atoms with E-state index >= 15 is 0 Å². The van der Waals surface area contributed by atoms with Gasteiger partial charge in [-0.05, 0) is 28.0 Å². The van der Waals surface area contributed by atoms with Crippen molar-refractivity contribution in [3.05, 3.63) is 65.7 Å². The third-order valence-corrected chi connectivity index (χ3v) is 4.58. The maximum atomic E-state index is 12.5. The predicted molar refractivity (Wildman–Crippen MR) is 114 cm³/mol. The monoisotopic (exact) mass is 375 g/mol. The third kappa shape index (κ3) is 5.10. The van der Waals surface area contributed by atoms with E-state index in [1.165, 1.54) is 5.56 Å². The number of hydrogen-bond donors (Lipinski definition) is 0. The van der Waals surface area contributed by atoms with Crippen LogP contribution in [-0.2, 0) is 15.6 Å². The van der Waals surface area contributed by atoms with Crippen molar-refractivity contribution in [2.45, 2.75) is 58.8 Å². The zero-order chi connectivity index (χ0) is 21.1. The Kier molecular flexibility index (Phi) is 6.14. The molecule has 3 nitrogen and oxygen atoms in total. The lowest BCUT2D eigenvalue weighted by molar-refractivity contribution is -0.133. The fourth-order valence-electron chi connectivity index (χ4n) is 2.92. The van der Waals surface area contributed by atoms with E-state index in [0.717, 1.165) is 16.7 Å². The third-order valence-electron chi connectivity index (χ3n) is 4.58. The molecule has 0 aliphatic carbocycles. The van der Waals surface area contributed by atoms with E-state index in [4.69, 9.17) is 10.00 Å². The quantitative estimate of drug-likeness (QED) is 0.357. The first kappa shape index (κ1) is 21.4. The molecular weight excluding hydrogens is 346 g/mol. The zero-order valence-electron chi connectivity index (χ0n) is 17.7. The van der Waals surface area contributed by atoms with Crippen LogP contribution < -0.4 is 4.74 Å². The van der Waals surface area contributed by atoms with Gasteiger partial charge in [-0.25, -0.2) is 0 Å². The van der Waals surface area contributed by atoms with E-state index in [2.05, 4.69) is 60.3 Å². The second kappa shape index (κ2) is 8.02. The highest BCUT2D eigenvalue weighted by Crippen LogP contribution is 2.43. The van der Waals surface area contributed by atoms with Crippen LogP contribution in [-0.4, -0.2) is 5.97 Å². The molecule has 0 aliphatic heterocycles. The van der Waals surface area contributed by atoms with E-state index in [1.807, 2.05) is 36.4 Å². The first-order valence-corrected chi connectivity index (χ1v) is 9.46. The molecule has 2 aromatic rings. The molecule has 0 N–H and O–H groups in total. The number of rotatable bonds is 4. The number of carbonyl (C=O) groups excluding carboxylic acids is 1. The number of hydrogen-bond acceptors (Lipinski definition) is 3. The van der Waals surface area contributed by atoms with E-state index in [9.17, 15) is 4.79 Å². The molecular formula is C25H29NO2. The molecule has 0 spiro atoms. The molecule has 0 heterocycles. The van der Waals surface area contributed by atoms with Crippen molar-refractivity contribution < 1.29 is 9.53 Å². The number of carbonyl (C=O) groups is 1. The van der Waals surface area contributed by atoms with Crippen LogP contribution in [0.15, 0.2) is 54.6 Å². The van der Waals surface area contributed by atoms with Gasteiger partial charge >= 0.3 is 5.97 Å². The van der Waals surface area contributed by atoms with Crippen LogP contribution in [0.1, 0.15) is 59.1 Å². The number of ether oxygens (including phenoxy) is 1. The molecule has 2 aromatic carbocycles. The summed E-state index contributed by atoms with van der Waals surface area (Å²) in [5.74, 6) is 0.0835. The van der Waals surface area contributed by atoms with Crippen molar-refractivity contribution in [1.29, 1.82) is 5.26 Å². The second-order valence-electron chi connectivity index (χ2n) is 9.13. The summed E-state index contributed by atoms with van der Waals surface area (Å²) in [7, 11) is 0. The van der Waals surface area contributed by atoms with Gasteiger partial charge in [0.25, 0.3) is 0 Å². The maximum absolute atomic E-state index is 12.5. The van der Waals surface area contributed by atoms with E-state index in [1.54, 1.807) is 0 Å². The molecule has 0 aliphatic rings. The van der Waals surface area contributed by atoms with Crippen molar-refractivity contribution in [3.63, 3.8) is 0 Å². The van der Waals surface area contributed by atoms with E-state index < -0.39 is 5.97 Å². The molecule has 0 amide bonds. The van der Waals surface area contributed by atoms with Gasteiger partial charge in [-0.15, -0.1) is 0 Å². The maximum Gasteiger partial charge on any atom is 0.316 e. The summed E-state index contributed by atoms with van der Waals surface area (Å²) in [6, 6.07) is 16.1. The van der Waals surface area contributed by atoms with Crippen molar-refractivity contribution in [1.82, 2.24) is 0 Å². The van der Waals surface area contributed by atoms with E-state index in [0.29, 0.717) is 5.75 Å². The normalized spacial score (nSPS) is 11.6. The van der Waals surface area contributed by atoms with Gasteiger partial charge < -0.3 is 4.74 Å². The van der Waals surface area contributed by atoms with Gasteiger partial charge in [-0.2, -0.15) is 5.26 Å². The first-order chi connectivity index (χ1) is 12.9. The minimum Gasteiger partial charge on any atom is -0.425 e. The second-order valence-corrected chi connectivity index (χ2v) is 9.13. The summed E-state index contributed by atoms with van der Waals surface area (Å²) in [5.41, 5.74) is 3.92. The molecule has 3 heteroatoms. The SMILES string of the molecule is C=C(C#N)CC(=O)Oc1c(-c2ccccc2)cc(C(C)(C)C)cc1C(C)(C)C. The fraction of sp³-hybridized carbons (Fsp3) is 0.360. The molecule has 2 rings (SSSR count). The lowest BCUT2D eigenvalue weighted by Gasteiger charge is -2.29. The number of esters is 1. The van der Waals surface area contributed by atoms with Gasteiger partial charge in [0, 0.05) is 16.7 Å². The molecule has 146 valence electrons. The van der Waals surface area contributed by atoms with Crippen molar-refractivity contribution in [2.75, 3.05) is 0 Å². The van der Waals surface area contributed by atoms with Crippen LogP contribution in [0.3, 0.4) is 0 Å². The van der Waals surface area contributed by atoms with Gasteiger partial charge in [-0.1, -0.05) is 84.5 Å². The van der Waals surface area contributed by atoms with Crippen LogP contribution in [0.5, 0.6) is 5.75 Å². The minimum atomic E-state index is -0.474. The molecule has 0 saturated carbocycles. The Bertz CT molecular complexity index is 920. The van der Waals surface area contributed by atoms with Gasteiger partial charge in [0.2, 0.25) is 0 Å². The Labute approximate surface area is 168 Å². The number of benzene rings is 2. The largest absolute Gasteiger partial charge is 0.425 e. The molecule has 0 radical (unpaired) electrons. The lowest BCUT2D eigenvalue weighted by Crippen LogP contribution is -2.20. The van der Waals surface area contributed by atoms with Crippen molar-refractivity contribution in [2.24, 2.45) is 0 Å². The van der Waals surface area contributed by atoms with Crippen LogP contribution >= 0.6 is 0 Å². The summed E-state index contributed by atoms with van der Waals surface area (Å²) in [6.07, 6.45) is -0.116. The van der Waals surface area contributed by atoms with Gasteiger partial charge in [0.15, 0.2) is 0 Å². The van der Waals surface area contributed by atoms with Crippen LogP contribution in [0, 0.1) is 11.3 Å². The average Bonchev–Trinajstić information content (AvgIpc) is 2.60. The molecule has 0 unspecified atom stereocenters. The molecule has 0 atom stereocenters. The standard InChI is InChI=1S/C25H29NO2/c1-17(16-26)13-22(27)28-23-20(18-11-9-8-10-12-18)14-19(24(2,3)4)15-21(23)25(5,6)7/h8-12,14-15H,1,13H2,2-7H3. The van der Waals surface area contributed by atoms with Crippen LogP contribution in [0.4, 0.5) is 0 Å². The highest BCUT2D eigenvalue weighted by atomic mass is 16.5. The molecule has 0 saturated heterocycles. The molecule has 0 fully saturated rings. The summed E-state index contributed by atoms with van der Waals surface area (Å²) < 4.78 is 5.85. The van der Waals surface area contributed by atoms with Gasteiger partial charge in [-0.3, -0.25) is 4.79 Å². The molecule has 0 bridgehead atoms. The van der Waals surface area contributed by atoms with Gasteiger partial charge in [0.1, 0.15) is 5.75 Å². The Morgan fingerprint density at radius 1 is 1.04 bits per heavy atom. The predicted octanol–water partition coefficient (Wildman–Crippen LogP) is 6.32. The minimum absolute atomic E-state index is 0.0544. The van der Waals surface area contributed by atoms with Gasteiger partial charge in [0.05, 0.1) is 12.5 Å². The number of nitrogens with zero attached hydrogens (tertiary/aromatic N) is 1. The zero-order valence-corrected chi connectivity index (χ0v) is 17.7.